The van der Waals surface area contributed by atoms with E-state index in [-0.39, 0.29) is 17.9 Å². The monoisotopic (exact) mass is 268 g/mol. The van der Waals surface area contributed by atoms with Gasteiger partial charge >= 0.3 is 0 Å². The number of carbonyl (C=O) groups excluding carboxylic acids is 1. The molecule has 2 N–H and O–H groups in total. The molecule has 0 aromatic carbocycles. The van der Waals surface area contributed by atoms with E-state index >= 15 is 0 Å². The molecule has 4 nitrogen and oxygen atoms in total. The maximum Gasteiger partial charge on any atom is 0.227 e. The van der Waals surface area contributed by atoms with Gasteiger partial charge < -0.3 is 15.4 Å². The Morgan fingerprint density at radius 1 is 1.26 bits per heavy atom. The molecular formula is C15H28N2O2. The predicted molar refractivity (Wildman–Crippen MR) is 76.0 cm³/mol. The Balaban J connectivity index is 1.82. The first kappa shape index (κ1) is 14.8. The van der Waals surface area contributed by atoms with Crippen LogP contribution in [-0.2, 0) is 9.53 Å². The van der Waals surface area contributed by atoms with Gasteiger partial charge in [0.2, 0.25) is 5.91 Å². The summed E-state index contributed by atoms with van der Waals surface area (Å²) in [6.07, 6.45) is 6.52. The minimum absolute atomic E-state index is 0.0222. The smallest absolute Gasteiger partial charge is 0.227 e. The van der Waals surface area contributed by atoms with Gasteiger partial charge in [-0.05, 0) is 32.2 Å². The molecule has 1 saturated carbocycles. The van der Waals surface area contributed by atoms with Crippen molar-refractivity contribution in [2.45, 2.75) is 58.0 Å². The number of nitrogens with one attached hydrogen (secondary N) is 2. The van der Waals surface area contributed by atoms with Crippen LogP contribution in [0.2, 0.25) is 0 Å². The number of likely N-dealkylation sites (N-methyl/N-ethyl adjacent to an activating group) is 1. The van der Waals surface area contributed by atoms with Crippen molar-refractivity contribution in [3.8, 4) is 0 Å². The molecule has 2 aliphatic rings. The van der Waals surface area contributed by atoms with Crippen molar-refractivity contribution in [1.82, 2.24) is 10.6 Å². The third kappa shape index (κ3) is 3.93. The second-order valence-corrected chi connectivity index (χ2v) is 6.00. The van der Waals surface area contributed by atoms with Crippen molar-refractivity contribution in [1.29, 1.82) is 0 Å². The average molecular weight is 268 g/mol. The first-order valence-corrected chi connectivity index (χ1v) is 7.84. The zero-order chi connectivity index (χ0) is 13.7. The largest absolute Gasteiger partial charge is 0.379 e. The van der Waals surface area contributed by atoms with E-state index in [0.717, 1.165) is 6.54 Å². The van der Waals surface area contributed by atoms with Crippen molar-refractivity contribution in [2.24, 2.45) is 11.8 Å². The van der Waals surface area contributed by atoms with E-state index in [2.05, 4.69) is 24.5 Å². The SMILES string of the molecule is CCNC1COCC1C(=O)N[C@H](C)C1CCCCC1. The summed E-state index contributed by atoms with van der Waals surface area (Å²) in [5.41, 5.74) is 0. The molecule has 1 aliphatic heterocycles. The van der Waals surface area contributed by atoms with E-state index in [9.17, 15) is 4.79 Å². The molecule has 2 unspecified atom stereocenters. The first-order valence-electron chi connectivity index (χ1n) is 7.84. The number of hydrogen-bond donors (Lipinski definition) is 2. The molecule has 110 valence electrons. The molecule has 2 rings (SSSR count). The number of carbonyl (C=O) groups is 1. The summed E-state index contributed by atoms with van der Waals surface area (Å²) in [5, 5.41) is 6.56. The molecule has 0 aromatic rings. The van der Waals surface area contributed by atoms with Gasteiger partial charge in [0.1, 0.15) is 0 Å². The third-order valence-electron chi connectivity index (χ3n) is 4.61. The van der Waals surface area contributed by atoms with Gasteiger partial charge in [0.15, 0.2) is 0 Å². The molecule has 4 heteroatoms. The molecular weight excluding hydrogens is 240 g/mol. The average Bonchev–Trinajstić information content (AvgIpc) is 2.88. The summed E-state index contributed by atoms with van der Waals surface area (Å²) in [6, 6.07) is 0.485. The van der Waals surface area contributed by atoms with Crippen LogP contribution in [0.1, 0.15) is 46.0 Å². The fourth-order valence-electron chi connectivity index (χ4n) is 3.36. The Labute approximate surface area is 116 Å². The topological polar surface area (TPSA) is 50.4 Å². The lowest BCUT2D eigenvalue weighted by Gasteiger charge is -2.29. The third-order valence-corrected chi connectivity index (χ3v) is 4.61. The quantitative estimate of drug-likeness (QED) is 0.798. The lowest BCUT2D eigenvalue weighted by Crippen LogP contribution is -2.48. The lowest BCUT2D eigenvalue weighted by atomic mass is 9.84. The van der Waals surface area contributed by atoms with Crippen LogP contribution in [0.15, 0.2) is 0 Å². The van der Waals surface area contributed by atoms with Crippen molar-refractivity contribution >= 4 is 5.91 Å². The predicted octanol–water partition coefficient (Wildman–Crippen LogP) is 1.70. The van der Waals surface area contributed by atoms with Crippen LogP contribution in [0.4, 0.5) is 0 Å². The Morgan fingerprint density at radius 2 is 2.00 bits per heavy atom. The molecule has 0 aromatic heterocycles. The molecule has 2 fully saturated rings. The maximum atomic E-state index is 12.4. The highest BCUT2D eigenvalue weighted by Crippen LogP contribution is 2.26. The van der Waals surface area contributed by atoms with Crippen LogP contribution >= 0.6 is 0 Å². The molecule has 3 atom stereocenters. The summed E-state index contributed by atoms with van der Waals surface area (Å²) in [7, 11) is 0. The van der Waals surface area contributed by atoms with Gasteiger partial charge in [0.05, 0.1) is 19.1 Å². The van der Waals surface area contributed by atoms with Crippen LogP contribution in [0.3, 0.4) is 0 Å². The second kappa shape index (κ2) is 7.25. The molecule has 19 heavy (non-hydrogen) atoms. The Bertz CT molecular complexity index is 290. The summed E-state index contributed by atoms with van der Waals surface area (Å²) in [5.74, 6) is 0.810. The van der Waals surface area contributed by atoms with Crippen molar-refractivity contribution in [2.75, 3.05) is 19.8 Å². The molecule has 0 bridgehead atoms. The van der Waals surface area contributed by atoms with Crippen molar-refractivity contribution in [3.05, 3.63) is 0 Å². The Kier molecular flexibility index (Phi) is 5.64. The summed E-state index contributed by atoms with van der Waals surface area (Å²) in [6.45, 7) is 6.32. The van der Waals surface area contributed by atoms with Gasteiger partial charge in [0, 0.05) is 12.1 Å². The Morgan fingerprint density at radius 3 is 2.68 bits per heavy atom. The number of hydrogen-bond acceptors (Lipinski definition) is 3. The number of rotatable bonds is 5. The highest BCUT2D eigenvalue weighted by molar-refractivity contribution is 5.80. The molecule has 1 amide bonds. The maximum absolute atomic E-state index is 12.4. The lowest BCUT2D eigenvalue weighted by molar-refractivity contribution is -0.126. The zero-order valence-electron chi connectivity index (χ0n) is 12.3. The standard InChI is InChI=1S/C15H28N2O2/c1-3-16-14-10-19-9-13(14)15(18)17-11(2)12-7-5-4-6-8-12/h11-14,16H,3-10H2,1-2H3,(H,17,18)/t11-,13?,14?/m1/s1. The molecule has 1 saturated heterocycles. The normalized spacial score (nSPS) is 30.2. The summed E-state index contributed by atoms with van der Waals surface area (Å²) < 4.78 is 5.45. The highest BCUT2D eigenvalue weighted by atomic mass is 16.5. The minimum atomic E-state index is -0.0222. The van der Waals surface area contributed by atoms with Crippen LogP contribution in [0.5, 0.6) is 0 Å². The van der Waals surface area contributed by atoms with Gasteiger partial charge in [0.25, 0.3) is 0 Å². The first-order chi connectivity index (χ1) is 9.22. The van der Waals surface area contributed by atoms with Gasteiger partial charge in [-0.2, -0.15) is 0 Å². The van der Waals surface area contributed by atoms with E-state index in [1.807, 2.05) is 0 Å². The molecule has 1 heterocycles. The molecule has 0 radical (unpaired) electrons. The second-order valence-electron chi connectivity index (χ2n) is 6.00. The molecule has 0 spiro atoms. The zero-order valence-corrected chi connectivity index (χ0v) is 12.3. The van der Waals surface area contributed by atoms with Gasteiger partial charge in [-0.1, -0.05) is 26.2 Å². The van der Waals surface area contributed by atoms with Gasteiger partial charge in [-0.3, -0.25) is 4.79 Å². The number of amides is 1. The van der Waals surface area contributed by atoms with E-state index in [1.165, 1.54) is 32.1 Å². The van der Waals surface area contributed by atoms with Crippen molar-refractivity contribution in [3.63, 3.8) is 0 Å². The fourth-order valence-corrected chi connectivity index (χ4v) is 3.36. The van der Waals surface area contributed by atoms with Crippen LogP contribution in [-0.4, -0.2) is 37.7 Å². The highest BCUT2D eigenvalue weighted by Gasteiger charge is 2.34. The van der Waals surface area contributed by atoms with E-state index in [0.29, 0.717) is 25.2 Å². The van der Waals surface area contributed by atoms with Crippen molar-refractivity contribution < 1.29 is 9.53 Å². The summed E-state index contributed by atoms with van der Waals surface area (Å²) >= 11 is 0. The number of ether oxygens (including phenoxy) is 1. The van der Waals surface area contributed by atoms with Crippen LogP contribution in [0.25, 0.3) is 0 Å². The van der Waals surface area contributed by atoms with Crippen LogP contribution in [0, 0.1) is 11.8 Å². The van der Waals surface area contributed by atoms with E-state index < -0.39 is 0 Å². The van der Waals surface area contributed by atoms with Gasteiger partial charge in [-0.15, -0.1) is 0 Å². The van der Waals surface area contributed by atoms with E-state index in [1.54, 1.807) is 0 Å². The fraction of sp³-hybridized carbons (Fsp3) is 0.933. The molecule has 1 aliphatic carbocycles. The minimum Gasteiger partial charge on any atom is -0.379 e. The van der Waals surface area contributed by atoms with Crippen LogP contribution < -0.4 is 10.6 Å². The van der Waals surface area contributed by atoms with Gasteiger partial charge in [-0.25, -0.2) is 0 Å². The van der Waals surface area contributed by atoms with E-state index in [4.69, 9.17) is 4.74 Å². The summed E-state index contributed by atoms with van der Waals surface area (Å²) in [4.78, 5) is 12.4. The Hall–Kier alpha value is -0.610.